The van der Waals surface area contributed by atoms with Gasteiger partial charge >= 0.3 is 18.3 Å². The summed E-state index contributed by atoms with van der Waals surface area (Å²) in [6, 6.07) is 7.29. The Hall–Kier alpha value is -4.75. The van der Waals surface area contributed by atoms with Crippen LogP contribution in [-0.4, -0.2) is 109 Å². The number of amides is 6. The van der Waals surface area contributed by atoms with Gasteiger partial charge in [0.1, 0.15) is 37.7 Å². The minimum atomic E-state index is -2.48. The number of rotatable bonds is 21. The van der Waals surface area contributed by atoms with Gasteiger partial charge < -0.3 is 49.9 Å². The lowest BCUT2D eigenvalue weighted by Gasteiger charge is -2.42. The Morgan fingerprint density at radius 3 is 2.13 bits per heavy atom. The van der Waals surface area contributed by atoms with Crippen LogP contribution in [-0.2, 0) is 30.4 Å². The zero-order chi connectivity index (χ0) is 52.6. The smallest absolute Gasteiger partial charge is 0.416 e. The van der Waals surface area contributed by atoms with E-state index in [0.29, 0.717) is 48.4 Å². The maximum atomic E-state index is 14.4. The molecule has 21 heteroatoms. The van der Waals surface area contributed by atoms with Crippen LogP contribution in [0.5, 0.6) is 5.75 Å². The molecule has 2 aliphatic heterocycles. The average molecular weight is 1070 g/mol. The van der Waals surface area contributed by atoms with E-state index in [-0.39, 0.29) is 65.7 Å². The molecule has 2 heterocycles. The summed E-state index contributed by atoms with van der Waals surface area (Å²) in [5.74, 6) is -1.24. The number of nitrogens with one attached hydrogen (secondary N) is 4. The summed E-state index contributed by atoms with van der Waals surface area (Å²) in [6.45, 7) is 21.9. The van der Waals surface area contributed by atoms with Crippen molar-refractivity contribution in [1.82, 2.24) is 20.9 Å². The molecule has 1 aliphatic carbocycles. The molecule has 1 unspecified atom stereocenters. The molecule has 6 amide bonds. The Morgan fingerprint density at radius 2 is 1.55 bits per heavy atom. The summed E-state index contributed by atoms with van der Waals surface area (Å²) in [7, 11) is -2.48. The highest BCUT2D eigenvalue weighted by Gasteiger charge is 2.58. The van der Waals surface area contributed by atoms with Gasteiger partial charge in [0.15, 0.2) is 6.23 Å². The Morgan fingerprint density at radius 1 is 0.901 bits per heavy atom. The fourth-order valence-electron chi connectivity index (χ4n) is 9.86. The average Bonchev–Trinajstić information content (AvgIpc) is 3.96. The van der Waals surface area contributed by atoms with Crippen LogP contribution < -0.4 is 30.6 Å². The molecule has 1 spiro atoms. The van der Waals surface area contributed by atoms with Crippen LogP contribution in [0.2, 0.25) is 16.6 Å². The molecule has 0 radical (unpaired) electrons. The van der Waals surface area contributed by atoms with Crippen LogP contribution >= 0.6 is 34.8 Å². The van der Waals surface area contributed by atoms with Gasteiger partial charge in [-0.3, -0.25) is 14.4 Å². The van der Waals surface area contributed by atoms with Crippen molar-refractivity contribution < 1.29 is 52.5 Å². The molecule has 392 valence electrons. The van der Waals surface area contributed by atoms with E-state index in [2.05, 4.69) is 69.4 Å². The molecule has 0 bridgehead atoms. The van der Waals surface area contributed by atoms with Crippen molar-refractivity contribution in [2.45, 2.75) is 152 Å². The van der Waals surface area contributed by atoms with Crippen LogP contribution in [0.3, 0.4) is 0 Å². The molecular weight excluding hydrogens is 995 g/mol. The first-order valence-electron chi connectivity index (χ1n) is 24.3. The fourth-order valence-corrected chi connectivity index (χ4v) is 15.3. The molecule has 71 heavy (non-hydrogen) atoms. The molecule has 5 rings (SSSR count). The van der Waals surface area contributed by atoms with Gasteiger partial charge in [0.25, 0.3) is 14.2 Å². The highest BCUT2D eigenvalue weighted by Crippen LogP contribution is 2.57. The second-order valence-electron chi connectivity index (χ2n) is 20.2. The van der Waals surface area contributed by atoms with E-state index in [1.54, 1.807) is 55.1 Å². The van der Waals surface area contributed by atoms with Gasteiger partial charge in [0.05, 0.1) is 17.3 Å². The summed E-state index contributed by atoms with van der Waals surface area (Å²) in [5.41, 5.74) is 2.91. The Labute approximate surface area is 433 Å². The van der Waals surface area contributed by atoms with Crippen molar-refractivity contribution in [1.29, 1.82) is 0 Å². The van der Waals surface area contributed by atoms with Crippen molar-refractivity contribution in [3.8, 4) is 5.75 Å². The topological polar surface area (TPSA) is 214 Å². The lowest BCUT2D eigenvalue weighted by atomic mass is 10.0. The molecule has 2 fully saturated rings. The molecule has 3 aliphatic rings. The molecule has 1 saturated heterocycles. The summed E-state index contributed by atoms with van der Waals surface area (Å²) in [5, 5.41) is 22.8. The summed E-state index contributed by atoms with van der Waals surface area (Å²) >= 11 is 16.9. The first kappa shape index (κ1) is 57.2. The number of carbonyl (C=O) groups is 6. The van der Waals surface area contributed by atoms with E-state index in [1.165, 1.54) is 11.0 Å². The van der Waals surface area contributed by atoms with Crippen molar-refractivity contribution >= 4 is 90.5 Å². The molecule has 1 saturated carbocycles. The monoisotopic (exact) mass is 1060 g/mol. The quantitative estimate of drug-likeness (QED) is 0.0261. The number of anilines is 2. The summed E-state index contributed by atoms with van der Waals surface area (Å²) in [6.07, 6.45) is 0.893. The Balaban J connectivity index is 1.32. The number of aliphatic hydroxyl groups excluding tert-OH is 1. The van der Waals surface area contributed by atoms with E-state index in [4.69, 9.17) is 53.4 Å². The molecule has 2 aromatic rings. The van der Waals surface area contributed by atoms with E-state index in [9.17, 15) is 33.9 Å². The van der Waals surface area contributed by atoms with E-state index in [1.807, 2.05) is 6.92 Å². The van der Waals surface area contributed by atoms with Crippen molar-refractivity contribution in [3.05, 3.63) is 65.7 Å². The van der Waals surface area contributed by atoms with Gasteiger partial charge in [-0.05, 0) is 103 Å². The SMILES string of the molecule is C=CCOC(=O)N[C@H](C(=O)N[C@@H](CCCCNC(=O)OCC(Cl)(Cl)Cl)C(=O)Nc1ccc(COC(=O)N2c3cc(O[Si](C(C)C)(C(C)C)C(C)C)c(C)cc3C(=O)N3CC4(CC4)C[C@H]3C2O)cc1)C(C)C. The van der Waals surface area contributed by atoms with Crippen LogP contribution in [0.15, 0.2) is 49.1 Å². The molecule has 2 aromatic carbocycles. The first-order valence-corrected chi connectivity index (χ1v) is 27.6. The lowest BCUT2D eigenvalue weighted by Crippen LogP contribution is -2.54. The zero-order valence-corrected chi connectivity index (χ0v) is 45.5. The highest BCUT2D eigenvalue weighted by molar-refractivity contribution is 6.78. The highest BCUT2D eigenvalue weighted by atomic mass is 35.6. The molecular formula is C50H71Cl3N6O11Si. The van der Waals surface area contributed by atoms with Crippen LogP contribution in [0.25, 0.3) is 0 Å². The third-order valence-electron chi connectivity index (χ3n) is 13.7. The zero-order valence-electron chi connectivity index (χ0n) is 42.2. The minimum Gasteiger partial charge on any atom is -0.542 e. The number of nitrogens with zero attached hydrogens (tertiary/aromatic N) is 2. The number of ether oxygens (including phenoxy) is 3. The number of fused-ring (bicyclic) bond motifs is 2. The molecule has 17 nitrogen and oxygen atoms in total. The molecule has 5 N–H and O–H groups in total. The lowest BCUT2D eigenvalue weighted by molar-refractivity contribution is -0.128. The number of aryl methyl sites for hydroxylation is 1. The van der Waals surface area contributed by atoms with Gasteiger partial charge in [-0.25, -0.2) is 19.3 Å². The summed E-state index contributed by atoms with van der Waals surface area (Å²) < 4.78 is 21.1. The number of unbranched alkanes of at least 4 members (excludes halogenated alkanes) is 1. The standard InChI is InChI=1S/C50H71Cl3N6O11Si/c1-11-22-67-47(65)57-41(29(2)3)43(61)56-37(14-12-13-21-54-46(64)69-28-50(51,52)53)42(60)55-35-17-15-34(16-18-35)26-68-48(66)59-38-24-40(70-71(30(4)5,31(6)7)32(8)9)33(10)23-36(38)44(62)58-27-49(19-20-49)25-39(58)45(59)63/h11,15-18,23-24,29-32,37,39,41,45,63H,1,12-14,19-22,25-28H2,2-10H3,(H,54,64)(H,55,60)(H,56,61)(H,57,65)/t37-,39-,41-,45?/m0/s1. The van der Waals surface area contributed by atoms with Crippen LogP contribution in [0.1, 0.15) is 115 Å². The van der Waals surface area contributed by atoms with Crippen LogP contribution in [0.4, 0.5) is 25.8 Å². The van der Waals surface area contributed by atoms with Crippen molar-refractivity contribution in [3.63, 3.8) is 0 Å². The number of alkyl carbamates (subject to hydrolysis) is 2. The number of hydrogen-bond acceptors (Lipinski definition) is 11. The van der Waals surface area contributed by atoms with Crippen LogP contribution in [0, 0.1) is 18.3 Å². The normalized spacial score (nSPS) is 18.1. The van der Waals surface area contributed by atoms with Crippen molar-refractivity contribution in [2.75, 3.05) is 36.5 Å². The van der Waals surface area contributed by atoms with E-state index < -0.39 is 73.2 Å². The third kappa shape index (κ3) is 14.5. The number of aliphatic hydroxyl groups is 1. The van der Waals surface area contributed by atoms with E-state index >= 15 is 0 Å². The second-order valence-corrected chi connectivity index (χ2v) is 28.1. The van der Waals surface area contributed by atoms with E-state index in [0.717, 1.165) is 18.4 Å². The minimum absolute atomic E-state index is 0.0642. The maximum absolute atomic E-state index is 14.4. The van der Waals surface area contributed by atoms with Gasteiger partial charge in [0, 0.05) is 24.8 Å². The summed E-state index contributed by atoms with van der Waals surface area (Å²) in [4.78, 5) is 83.5. The number of hydrogen-bond donors (Lipinski definition) is 5. The second kappa shape index (κ2) is 24.3. The van der Waals surface area contributed by atoms with Gasteiger partial charge in [-0.15, -0.1) is 0 Å². The molecule has 0 aromatic heterocycles. The largest absolute Gasteiger partial charge is 0.542 e. The third-order valence-corrected chi connectivity index (χ3v) is 20.0. The number of carbonyl (C=O) groups excluding carboxylic acids is 6. The fraction of sp³-hybridized carbons (Fsp3) is 0.600. The maximum Gasteiger partial charge on any atom is 0.416 e. The number of benzene rings is 2. The van der Waals surface area contributed by atoms with Gasteiger partial charge in [-0.2, -0.15) is 0 Å². The predicted octanol–water partition coefficient (Wildman–Crippen LogP) is 9.65. The molecule has 4 atom stereocenters. The van der Waals surface area contributed by atoms with Crippen molar-refractivity contribution in [2.24, 2.45) is 11.3 Å². The van der Waals surface area contributed by atoms with Gasteiger partial charge in [-0.1, -0.05) is 115 Å². The Kier molecular flexibility index (Phi) is 19.6. The number of halogens is 3. The Bertz CT molecular complexity index is 2230. The predicted molar refractivity (Wildman–Crippen MR) is 276 cm³/mol. The first-order chi connectivity index (χ1) is 33.3. The number of alkyl halides is 3. The van der Waals surface area contributed by atoms with Gasteiger partial charge in [0.2, 0.25) is 15.6 Å².